The quantitative estimate of drug-likeness (QED) is 0.426. The molecule has 0 radical (unpaired) electrons. The number of hydrogen-bond acceptors (Lipinski definition) is 2. The fourth-order valence-corrected chi connectivity index (χ4v) is 1.86. The maximum absolute atomic E-state index is 11.2. The Morgan fingerprint density at radius 2 is 2.08 bits per heavy atom. The highest BCUT2D eigenvalue weighted by atomic mass is 16.5. The van der Waals surface area contributed by atoms with Crippen LogP contribution in [0.1, 0.15) is 17.9 Å². The molecule has 1 aliphatic carbocycles. The van der Waals surface area contributed by atoms with Gasteiger partial charge in [-0.15, -0.1) is 0 Å². The summed E-state index contributed by atoms with van der Waals surface area (Å²) in [5.74, 6) is 1.35. The van der Waals surface area contributed by atoms with Crippen LogP contribution in [0.25, 0.3) is 0 Å². The molecule has 2 nitrogen and oxygen atoms in total. The summed E-state index contributed by atoms with van der Waals surface area (Å²) in [5.41, 5.74) is 1.21. The first kappa shape index (κ1) is 6.23. The van der Waals surface area contributed by atoms with Gasteiger partial charge in [-0.25, -0.2) is 0 Å². The maximum atomic E-state index is 11.2. The Labute approximate surface area is 70.2 Å². The number of fused-ring (bicyclic) bond motifs is 3. The Balaban J connectivity index is 2.16. The van der Waals surface area contributed by atoms with Crippen molar-refractivity contribution in [1.29, 1.82) is 0 Å². The molecule has 1 aromatic rings. The molecular weight excluding hydrogens is 152 g/mol. The molecule has 0 amide bonds. The summed E-state index contributed by atoms with van der Waals surface area (Å²) in [4.78, 5) is 11.2. The Bertz CT molecular complexity index is 357. The van der Waals surface area contributed by atoms with Gasteiger partial charge in [0.05, 0.1) is 5.92 Å². The minimum Gasteiger partial charge on any atom is -0.426 e. The van der Waals surface area contributed by atoms with E-state index in [1.54, 1.807) is 0 Å². The van der Waals surface area contributed by atoms with Crippen molar-refractivity contribution in [2.24, 2.45) is 5.92 Å². The molecule has 3 rings (SSSR count). The summed E-state index contributed by atoms with van der Waals surface area (Å²) in [7, 11) is 0. The van der Waals surface area contributed by atoms with E-state index in [0.717, 1.165) is 12.2 Å². The highest BCUT2D eigenvalue weighted by molar-refractivity contribution is 5.82. The summed E-state index contributed by atoms with van der Waals surface area (Å²) >= 11 is 0. The first-order valence-electron chi connectivity index (χ1n) is 4.17. The number of benzene rings is 1. The fourth-order valence-electron chi connectivity index (χ4n) is 1.86. The van der Waals surface area contributed by atoms with Gasteiger partial charge in [-0.3, -0.25) is 4.79 Å². The molecule has 2 unspecified atom stereocenters. The van der Waals surface area contributed by atoms with Gasteiger partial charge in [0.25, 0.3) is 0 Å². The number of esters is 1. The largest absolute Gasteiger partial charge is 0.426 e. The third-order valence-electron chi connectivity index (χ3n) is 2.62. The van der Waals surface area contributed by atoms with Crippen molar-refractivity contribution >= 4 is 5.97 Å². The number of carbonyl (C=O) groups is 1. The number of carbonyl (C=O) groups excluding carboxylic acids is 1. The second kappa shape index (κ2) is 1.89. The molecule has 1 aromatic carbocycles. The SMILES string of the molecule is O=C1Oc2ccccc2C2CC12. The van der Waals surface area contributed by atoms with Crippen LogP contribution in [-0.4, -0.2) is 5.97 Å². The zero-order valence-electron chi connectivity index (χ0n) is 6.49. The van der Waals surface area contributed by atoms with Crippen LogP contribution >= 0.6 is 0 Å². The topological polar surface area (TPSA) is 26.3 Å². The third-order valence-corrected chi connectivity index (χ3v) is 2.62. The molecule has 12 heavy (non-hydrogen) atoms. The lowest BCUT2D eigenvalue weighted by atomic mass is 10.1. The van der Waals surface area contributed by atoms with Crippen molar-refractivity contribution in [3.8, 4) is 5.75 Å². The number of hydrogen-bond donors (Lipinski definition) is 0. The highest BCUT2D eigenvalue weighted by Crippen LogP contribution is 2.54. The second-order valence-electron chi connectivity index (χ2n) is 3.41. The van der Waals surface area contributed by atoms with Crippen LogP contribution in [-0.2, 0) is 4.79 Å². The Kier molecular flexibility index (Phi) is 0.980. The van der Waals surface area contributed by atoms with Gasteiger partial charge in [-0.2, -0.15) is 0 Å². The highest BCUT2D eigenvalue weighted by Gasteiger charge is 2.49. The van der Waals surface area contributed by atoms with Crippen LogP contribution in [0.3, 0.4) is 0 Å². The van der Waals surface area contributed by atoms with Crippen LogP contribution in [0.2, 0.25) is 0 Å². The Hall–Kier alpha value is -1.31. The summed E-state index contributed by atoms with van der Waals surface area (Å²) in [6.45, 7) is 0. The smallest absolute Gasteiger partial charge is 0.314 e. The van der Waals surface area contributed by atoms with Crippen LogP contribution in [0.4, 0.5) is 0 Å². The number of ether oxygens (including phenoxy) is 1. The van der Waals surface area contributed by atoms with Gasteiger partial charge in [0.1, 0.15) is 5.75 Å². The average molecular weight is 160 g/mol. The molecule has 0 bridgehead atoms. The van der Waals surface area contributed by atoms with E-state index in [-0.39, 0.29) is 11.9 Å². The summed E-state index contributed by atoms with van der Waals surface area (Å²) in [6, 6.07) is 7.80. The van der Waals surface area contributed by atoms with Crippen LogP contribution in [0, 0.1) is 5.92 Å². The van der Waals surface area contributed by atoms with Crippen molar-refractivity contribution in [3.05, 3.63) is 29.8 Å². The van der Waals surface area contributed by atoms with E-state index in [2.05, 4.69) is 0 Å². The molecule has 1 saturated carbocycles. The molecule has 2 atom stereocenters. The molecule has 1 aliphatic heterocycles. The zero-order chi connectivity index (χ0) is 8.13. The molecule has 2 heteroatoms. The van der Waals surface area contributed by atoms with E-state index in [1.807, 2.05) is 24.3 Å². The van der Waals surface area contributed by atoms with Crippen LogP contribution < -0.4 is 4.74 Å². The van der Waals surface area contributed by atoms with Gasteiger partial charge in [-0.05, 0) is 18.1 Å². The van der Waals surface area contributed by atoms with E-state index in [1.165, 1.54) is 5.56 Å². The predicted octanol–water partition coefficient (Wildman–Crippen LogP) is 1.71. The van der Waals surface area contributed by atoms with Gasteiger partial charge in [0, 0.05) is 5.92 Å². The van der Waals surface area contributed by atoms with Crippen molar-refractivity contribution in [2.45, 2.75) is 12.3 Å². The Morgan fingerprint density at radius 1 is 1.25 bits per heavy atom. The third kappa shape index (κ3) is 0.670. The normalized spacial score (nSPS) is 30.2. The maximum Gasteiger partial charge on any atom is 0.314 e. The van der Waals surface area contributed by atoms with Crippen molar-refractivity contribution in [1.82, 2.24) is 0 Å². The second-order valence-corrected chi connectivity index (χ2v) is 3.41. The molecule has 1 fully saturated rings. The van der Waals surface area contributed by atoms with Gasteiger partial charge in [-0.1, -0.05) is 18.2 Å². The van der Waals surface area contributed by atoms with Crippen LogP contribution in [0.5, 0.6) is 5.75 Å². The van der Waals surface area contributed by atoms with Gasteiger partial charge >= 0.3 is 5.97 Å². The minimum atomic E-state index is -0.0429. The van der Waals surface area contributed by atoms with Crippen molar-refractivity contribution < 1.29 is 9.53 Å². The standard InChI is InChI=1S/C10H8O2/c11-10-8-5-7(8)6-3-1-2-4-9(6)12-10/h1-4,7-8H,5H2. The van der Waals surface area contributed by atoms with E-state index in [9.17, 15) is 4.79 Å². The Morgan fingerprint density at radius 3 is 3.00 bits per heavy atom. The van der Waals surface area contributed by atoms with E-state index in [0.29, 0.717) is 5.92 Å². The molecule has 0 N–H and O–H groups in total. The van der Waals surface area contributed by atoms with Gasteiger partial charge < -0.3 is 4.74 Å². The summed E-state index contributed by atoms with van der Waals surface area (Å²) in [5, 5.41) is 0. The van der Waals surface area contributed by atoms with E-state index < -0.39 is 0 Å². The predicted molar refractivity (Wildman–Crippen MR) is 42.9 cm³/mol. The van der Waals surface area contributed by atoms with Crippen molar-refractivity contribution in [2.75, 3.05) is 0 Å². The van der Waals surface area contributed by atoms with Crippen LogP contribution in [0.15, 0.2) is 24.3 Å². The molecular formula is C10H8O2. The number of rotatable bonds is 0. The van der Waals surface area contributed by atoms with Gasteiger partial charge in [0.15, 0.2) is 0 Å². The zero-order valence-corrected chi connectivity index (χ0v) is 6.49. The molecule has 1 heterocycles. The van der Waals surface area contributed by atoms with E-state index in [4.69, 9.17) is 4.74 Å². The lowest BCUT2D eigenvalue weighted by molar-refractivity contribution is -0.136. The first-order valence-corrected chi connectivity index (χ1v) is 4.17. The van der Waals surface area contributed by atoms with Crippen molar-refractivity contribution in [3.63, 3.8) is 0 Å². The monoisotopic (exact) mass is 160 g/mol. The minimum absolute atomic E-state index is 0.0429. The molecule has 0 aromatic heterocycles. The molecule has 0 saturated heterocycles. The molecule has 0 spiro atoms. The molecule has 2 aliphatic rings. The summed E-state index contributed by atoms with van der Waals surface area (Å²) in [6.07, 6.45) is 0.982. The lowest BCUT2D eigenvalue weighted by Gasteiger charge is -2.13. The lowest BCUT2D eigenvalue weighted by Crippen LogP contribution is -2.16. The number of para-hydroxylation sites is 1. The molecule has 60 valence electrons. The first-order chi connectivity index (χ1) is 5.86. The fraction of sp³-hybridized carbons (Fsp3) is 0.300. The average Bonchev–Trinajstić information content (AvgIpc) is 2.84. The summed E-state index contributed by atoms with van der Waals surface area (Å²) < 4.78 is 5.15. The van der Waals surface area contributed by atoms with Gasteiger partial charge in [0.2, 0.25) is 0 Å². The van der Waals surface area contributed by atoms with E-state index >= 15 is 0 Å².